The summed E-state index contributed by atoms with van der Waals surface area (Å²) in [7, 11) is 0. The highest BCUT2D eigenvalue weighted by Gasteiger charge is 2.26. The Hall–Kier alpha value is -1.70. The minimum Gasteiger partial charge on any atom is -0.506 e. The SMILES string of the molecule is N=C(/C(=C(\O)c1ccc(Cl)s1)C(O)c1cccnc1)c1ccc(Cl)s1. The van der Waals surface area contributed by atoms with Gasteiger partial charge in [0, 0.05) is 18.0 Å². The normalized spacial score (nSPS) is 13.4. The van der Waals surface area contributed by atoms with E-state index in [-0.39, 0.29) is 17.0 Å². The smallest absolute Gasteiger partial charge is 0.141 e. The van der Waals surface area contributed by atoms with E-state index in [9.17, 15) is 10.2 Å². The third-order valence-corrected chi connectivity index (χ3v) is 5.91. The van der Waals surface area contributed by atoms with Crippen LogP contribution < -0.4 is 0 Å². The van der Waals surface area contributed by atoms with Crippen molar-refractivity contribution in [3.63, 3.8) is 0 Å². The maximum Gasteiger partial charge on any atom is 0.141 e. The van der Waals surface area contributed by atoms with Crippen LogP contribution in [-0.4, -0.2) is 20.9 Å². The molecule has 3 heterocycles. The topological polar surface area (TPSA) is 77.2 Å². The molecule has 0 saturated carbocycles. The third kappa shape index (κ3) is 3.94. The lowest BCUT2D eigenvalue weighted by Crippen LogP contribution is -2.14. The molecule has 0 amide bonds. The van der Waals surface area contributed by atoms with E-state index in [1.807, 2.05) is 0 Å². The summed E-state index contributed by atoms with van der Waals surface area (Å²) in [6.45, 7) is 0. The molecule has 1 atom stereocenters. The highest BCUT2D eigenvalue weighted by atomic mass is 35.5. The van der Waals surface area contributed by atoms with Gasteiger partial charge in [-0.1, -0.05) is 29.3 Å². The van der Waals surface area contributed by atoms with Gasteiger partial charge in [0.15, 0.2) is 0 Å². The van der Waals surface area contributed by atoms with Gasteiger partial charge in [-0.25, -0.2) is 0 Å². The number of hydrogen-bond acceptors (Lipinski definition) is 6. The van der Waals surface area contributed by atoms with Gasteiger partial charge in [0.2, 0.25) is 0 Å². The first-order valence-electron chi connectivity index (χ1n) is 7.09. The summed E-state index contributed by atoms with van der Waals surface area (Å²) < 4.78 is 1.02. The summed E-state index contributed by atoms with van der Waals surface area (Å²) in [5.74, 6) is -0.192. The molecule has 3 aromatic rings. The van der Waals surface area contributed by atoms with Gasteiger partial charge in [-0.15, -0.1) is 22.7 Å². The number of halogens is 2. The fourth-order valence-corrected chi connectivity index (χ4v) is 4.25. The maximum atomic E-state index is 10.8. The molecule has 0 fully saturated rings. The van der Waals surface area contributed by atoms with E-state index < -0.39 is 6.10 Å². The van der Waals surface area contributed by atoms with E-state index in [0.717, 1.165) is 0 Å². The molecule has 0 aliphatic heterocycles. The molecule has 1 unspecified atom stereocenters. The molecule has 8 heteroatoms. The van der Waals surface area contributed by atoms with Crippen LogP contribution in [0.4, 0.5) is 0 Å². The van der Waals surface area contributed by atoms with E-state index in [1.165, 1.54) is 28.9 Å². The molecule has 0 spiro atoms. The molecule has 25 heavy (non-hydrogen) atoms. The largest absolute Gasteiger partial charge is 0.506 e. The first-order chi connectivity index (χ1) is 12.0. The summed E-state index contributed by atoms with van der Waals surface area (Å²) in [5.41, 5.74) is 0.541. The Labute approximate surface area is 162 Å². The molecule has 0 aliphatic rings. The summed E-state index contributed by atoms with van der Waals surface area (Å²) in [6.07, 6.45) is 1.86. The highest BCUT2D eigenvalue weighted by Crippen LogP contribution is 2.35. The third-order valence-electron chi connectivity index (χ3n) is 3.42. The van der Waals surface area contributed by atoms with Crippen molar-refractivity contribution in [3.05, 3.63) is 78.4 Å². The zero-order valence-corrected chi connectivity index (χ0v) is 15.8. The molecule has 3 rings (SSSR count). The minimum atomic E-state index is -1.22. The van der Waals surface area contributed by atoms with Crippen molar-refractivity contribution < 1.29 is 10.2 Å². The number of rotatable bonds is 5. The number of hydrogen-bond donors (Lipinski definition) is 3. The summed E-state index contributed by atoms with van der Waals surface area (Å²) in [5, 5.41) is 30.0. The lowest BCUT2D eigenvalue weighted by atomic mass is 9.96. The molecule has 0 bridgehead atoms. The van der Waals surface area contributed by atoms with Gasteiger partial charge >= 0.3 is 0 Å². The van der Waals surface area contributed by atoms with E-state index in [0.29, 0.717) is 24.0 Å². The Morgan fingerprint density at radius 1 is 1.04 bits per heavy atom. The molecular formula is C17H12Cl2N2O2S2. The van der Waals surface area contributed by atoms with Crippen LogP contribution in [0, 0.1) is 5.41 Å². The highest BCUT2D eigenvalue weighted by molar-refractivity contribution is 7.18. The molecular weight excluding hydrogens is 399 g/mol. The van der Waals surface area contributed by atoms with Crippen molar-refractivity contribution in [2.45, 2.75) is 6.10 Å². The van der Waals surface area contributed by atoms with E-state index in [1.54, 1.807) is 42.6 Å². The average molecular weight is 411 g/mol. The van der Waals surface area contributed by atoms with Gasteiger partial charge in [0.1, 0.15) is 11.9 Å². The van der Waals surface area contributed by atoms with Crippen LogP contribution in [0.15, 0.2) is 54.4 Å². The molecule has 3 aromatic heterocycles. The molecule has 0 aliphatic carbocycles. The van der Waals surface area contributed by atoms with E-state index in [2.05, 4.69) is 4.98 Å². The second kappa shape index (κ2) is 7.68. The quantitative estimate of drug-likeness (QED) is 0.379. The van der Waals surface area contributed by atoms with Crippen molar-refractivity contribution in [2.75, 3.05) is 0 Å². The lowest BCUT2D eigenvalue weighted by Gasteiger charge is -2.17. The lowest BCUT2D eigenvalue weighted by molar-refractivity contribution is 0.219. The molecule has 4 nitrogen and oxygen atoms in total. The van der Waals surface area contributed by atoms with Crippen molar-refractivity contribution >= 4 is 57.3 Å². The second-order valence-corrected chi connectivity index (χ2v) is 8.46. The molecule has 0 saturated heterocycles. The summed E-state index contributed by atoms with van der Waals surface area (Å²) >= 11 is 14.3. The van der Waals surface area contributed by atoms with Gasteiger partial charge in [-0.2, -0.15) is 0 Å². The Kier molecular flexibility index (Phi) is 5.56. The minimum absolute atomic E-state index is 0.00437. The van der Waals surface area contributed by atoms with Crippen LogP contribution in [0.2, 0.25) is 8.67 Å². The predicted octanol–water partition coefficient (Wildman–Crippen LogP) is 5.58. The summed E-state index contributed by atoms with van der Waals surface area (Å²) in [6, 6.07) is 10.0. The number of nitrogens with zero attached hydrogens (tertiary/aromatic N) is 1. The monoisotopic (exact) mass is 410 g/mol. The van der Waals surface area contributed by atoms with Crippen LogP contribution in [-0.2, 0) is 0 Å². The fourth-order valence-electron chi connectivity index (χ4n) is 2.24. The maximum absolute atomic E-state index is 10.8. The van der Waals surface area contributed by atoms with Crippen molar-refractivity contribution in [2.24, 2.45) is 0 Å². The molecule has 0 aromatic carbocycles. The van der Waals surface area contributed by atoms with Crippen LogP contribution >= 0.6 is 45.9 Å². The fraction of sp³-hybridized carbons (Fsp3) is 0.0588. The Balaban J connectivity index is 2.12. The Morgan fingerprint density at radius 2 is 1.68 bits per heavy atom. The van der Waals surface area contributed by atoms with Gasteiger partial charge in [-0.05, 0) is 30.3 Å². The van der Waals surface area contributed by atoms with Crippen LogP contribution in [0.3, 0.4) is 0 Å². The Morgan fingerprint density at radius 3 is 2.20 bits per heavy atom. The number of aromatic nitrogens is 1. The van der Waals surface area contributed by atoms with Gasteiger partial charge < -0.3 is 10.2 Å². The molecule has 3 N–H and O–H groups in total. The van der Waals surface area contributed by atoms with Crippen LogP contribution in [0.5, 0.6) is 0 Å². The van der Waals surface area contributed by atoms with Gasteiger partial charge in [0.25, 0.3) is 0 Å². The average Bonchev–Trinajstić information content (AvgIpc) is 3.24. The Bertz CT molecular complexity index is 935. The summed E-state index contributed by atoms with van der Waals surface area (Å²) in [4.78, 5) is 5.00. The van der Waals surface area contributed by atoms with Crippen molar-refractivity contribution in [3.8, 4) is 0 Å². The zero-order valence-electron chi connectivity index (χ0n) is 12.6. The van der Waals surface area contributed by atoms with Crippen molar-refractivity contribution in [1.82, 2.24) is 4.98 Å². The zero-order chi connectivity index (χ0) is 18.0. The van der Waals surface area contributed by atoms with Gasteiger partial charge in [0.05, 0.1) is 29.7 Å². The first kappa shape index (κ1) is 18.1. The number of thiophene rings is 2. The number of aliphatic hydroxyl groups is 2. The van der Waals surface area contributed by atoms with Gasteiger partial charge in [-0.3, -0.25) is 10.4 Å². The number of aliphatic hydroxyl groups excluding tert-OH is 2. The van der Waals surface area contributed by atoms with Crippen molar-refractivity contribution in [1.29, 1.82) is 5.41 Å². The van der Waals surface area contributed by atoms with Crippen LogP contribution in [0.25, 0.3) is 5.76 Å². The van der Waals surface area contributed by atoms with E-state index >= 15 is 0 Å². The van der Waals surface area contributed by atoms with E-state index in [4.69, 9.17) is 28.6 Å². The predicted molar refractivity (Wildman–Crippen MR) is 104 cm³/mol. The molecule has 128 valence electrons. The number of pyridine rings is 1. The molecule has 0 radical (unpaired) electrons. The van der Waals surface area contributed by atoms with Crippen LogP contribution in [0.1, 0.15) is 21.4 Å². The number of nitrogens with one attached hydrogen (secondary N) is 1. The standard InChI is InChI=1S/C17H12Cl2N2O2S2/c18-12-5-3-10(24-12)15(20)14(16(22)9-2-1-7-21-8-9)17(23)11-4-6-13(19)25-11/h1-8,16,20,22-23H/b17-14+,20-15?. The second-order valence-electron chi connectivity index (χ2n) is 5.03. The first-order valence-corrected chi connectivity index (χ1v) is 9.47.